The average Bonchev–Trinajstić information content (AvgIpc) is 2.65. The molecular weight excluding hydrogens is 354 g/mol. The third-order valence-corrected chi connectivity index (χ3v) is 3.90. The first-order valence-corrected chi connectivity index (χ1v) is 8.80. The van der Waals surface area contributed by atoms with Crippen LogP contribution in [0.2, 0.25) is 5.02 Å². The van der Waals surface area contributed by atoms with Gasteiger partial charge < -0.3 is 14.8 Å². The Morgan fingerprint density at radius 3 is 2.46 bits per heavy atom. The van der Waals surface area contributed by atoms with Gasteiger partial charge in [0.1, 0.15) is 5.75 Å². The predicted octanol–water partition coefficient (Wildman–Crippen LogP) is 3.92. The van der Waals surface area contributed by atoms with Gasteiger partial charge in [-0.2, -0.15) is 0 Å². The highest BCUT2D eigenvalue weighted by Gasteiger charge is 2.12. The molecule has 0 aliphatic carbocycles. The van der Waals surface area contributed by atoms with Crippen LogP contribution in [0.1, 0.15) is 31.4 Å². The molecule has 0 bridgehead atoms. The number of carbonyl (C=O) groups is 2. The van der Waals surface area contributed by atoms with E-state index in [0.717, 1.165) is 11.3 Å². The molecule has 1 atom stereocenters. The first-order chi connectivity index (χ1) is 12.5. The summed E-state index contributed by atoms with van der Waals surface area (Å²) >= 11 is 5.84. The highest BCUT2D eigenvalue weighted by atomic mass is 35.5. The predicted molar refractivity (Wildman–Crippen MR) is 100 cm³/mol. The van der Waals surface area contributed by atoms with Gasteiger partial charge in [-0.25, -0.2) is 0 Å². The molecule has 2 aromatic carbocycles. The van der Waals surface area contributed by atoms with Gasteiger partial charge in [-0.3, -0.25) is 9.59 Å². The number of hydrogen-bond acceptors (Lipinski definition) is 4. The zero-order valence-corrected chi connectivity index (χ0v) is 15.4. The van der Waals surface area contributed by atoms with Crippen molar-refractivity contribution in [2.45, 2.75) is 25.8 Å². The van der Waals surface area contributed by atoms with E-state index in [0.29, 0.717) is 18.1 Å². The molecule has 5 nitrogen and oxygen atoms in total. The third kappa shape index (κ3) is 7.15. The van der Waals surface area contributed by atoms with E-state index < -0.39 is 5.97 Å². The van der Waals surface area contributed by atoms with E-state index in [4.69, 9.17) is 21.1 Å². The molecule has 2 aromatic rings. The summed E-state index contributed by atoms with van der Waals surface area (Å²) in [5.41, 5.74) is 0.923. The van der Waals surface area contributed by atoms with Crippen molar-refractivity contribution in [2.24, 2.45) is 0 Å². The van der Waals surface area contributed by atoms with Gasteiger partial charge in [0, 0.05) is 11.4 Å². The number of benzene rings is 2. The molecule has 0 saturated carbocycles. The number of rotatable bonds is 9. The summed E-state index contributed by atoms with van der Waals surface area (Å²) < 4.78 is 10.5. The Balaban J connectivity index is 1.60. The van der Waals surface area contributed by atoms with Crippen molar-refractivity contribution in [2.75, 3.05) is 13.2 Å². The summed E-state index contributed by atoms with van der Waals surface area (Å²) in [5.74, 6) is -0.00581. The minimum Gasteiger partial charge on any atom is -0.494 e. The fraction of sp³-hybridized carbons (Fsp3) is 0.300. The second-order valence-corrected chi connectivity index (χ2v) is 6.20. The lowest BCUT2D eigenvalue weighted by atomic mass is 10.1. The maximum Gasteiger partial charge on any atom is 0.306 e. The van der Waals surface area contributed by atoms with Crippen LogP contribution in [-0.2, 0) is 14.3 Å². The quantitative estimate of drug-likeness (QED) is 0.533. The smallest absolute Gasteiger partial charge is 0.306 e. The Morgan fingerprint density at radius 2 is 1.77 bits per heavy atom. The van der Waals surface area contributed by atoms with Gasteiger partial charge in [0.2, 0.25) is 0 Å². The molecule has 6 heteroatoms. The average molecular weight is 376 g/mol. The summed E-state index contributed by atoms with van der Waals surface area (Å²) in [6.45, 7) is 1.97. The molecule has 2 rings (SSSR count). The monoisotopic (exact) mass is 375 g/mol. The molecule has 0 aliphatic heterocycles. The molecule has 0 heterocycles. The van der Waals surface area contributed by atoms with Crippen molar-refractivity contribution in [1.82, 2.24) is 5.32 Å². The van der Waals surface area contributed by atoms with E-state index in [2.05, 4.69) is 5.32 Å². The lowest BCUT2D eigenvalue weighted by Crippen LogP contribution is -2.31. The van der Waals surface area contributed by atoms with Crippen LogP contribution in [0.25, 0.3) is 0 Å². The second-order valence-electron chi connectivity index (χ2n) is 5.77. The lowest BCUT2D eigenvalue weighted by molar-refractivity contribution is -0.148. The highest BCUT2D eigenvalue weighted by Crippen LogP contribution is 2.15. The van der Waals surface area contributed by atoms with Gasteiger partial charge in [-0.05, 0) is 43.2 Å². The van der Waals surface area contributed by atoms with Crippen molar-refractivity contribution in [3.63, 3.8) is 0 Å². The number of carbonyl (C=O) groups excluding carboxylic acids is 2. The second kappa shape index (κ2) is 10.5. The van der Waals surface area contributed by atoms with Crippen LogP contribution in [-0.4, -0.2) is 25.1 Å². The zero-order valence-electron chi connectivity index (χ0n) is 14.6. The Hall–Kier alpha value is -2.53. The Morgan fingerprint density at radius 1 is 1.08 bits per heavy atom. The van der Waals surface area contributed by atoms with Crippen LogP contribution in [0.15, 0.2) is 54.6 Å². The molecule has 0 aliphatic rings. The fourth-order valence-electron chi connectivity index (χ4n) is 2.26. The Bertz CT molecular complexity index is 704. The normalized spacial score (nSPS) is 11.5. The fourth-order valence-corrected chi connectivity index (χ4v) is 2.39. The van der Waals surface area contributed by atoms with Crippen molar-refractivity contribution < 1.29 is 19.1 Å². The topological polar surface area (TPSA) is 64.6 Å². The highest BCUT2D eigenvalue weighted by molar-refractivity contribution is 6.30. The summed E-state index contributed by atoms with van der Waals surface area (Å²) in [6.07, 6.45) is 0.726. The molecule has 1 amide bonds. The standard InChI is InChI=1S/C20H22ClNO4/c1-15(16-9-11-17(21)12-10-16)22-19(23)14-26-20(24)8-5-13-25-18-6-3-2-4-7-18/h2-4,6-7,9-12,15H,5,8,13-14H2,1H3,(H,22,23). The van der Waals surface area contributed by atoms with Crippen LogP contribution in [0, 0.1) is 0 Å². The van der Waals surface area contributed by atoms with Crippen LogP contribution in [0.3, 0.4) is 0 Å². The summed E-state index contributed by atoms with van der Waals surface area (Å²) in [7, 11) is 0. The number of para-hydroxylation sites is 1. The van der Waals surface area contributed by atoms with Crippen LogP contribution in [0.5, 0.6) is 5.75 Å². The number of nitrogens with one attached hydrogen (secondary N) is 1. The number of halogens is 1. The Labute approximate surface area is 158 Å². The van der Waals surface area contributed by atoms with Gasteiger partial charge in [0.05, 0.1) is 12.6 Å². The molecular formula is C20H22ClNO4. The van der Waals surface area contributed by atoms with Crippen molar-refractivity contribution in [3.8, 4) is 5.75 Å². The van der Waals surface area contributed by atoms with Crippen molar-refractivity contribution in [3.05, 3.63) is 65.2 Å². The van der Waals surface area contributed by atoms with Crippen molar-refractivity contribution >= 4 is 23.5 Å². The van der Waals surface area contributed by atoms with E-state index in [1.165, 1.54) is 0 Å². The summed E-state index contributed by atoms with van der Waals surface area (Å²) in [5, 5.41) is 3.41. The van der Waals surface area contributed by atoms with E-state index in [9.17, 15) is 9.59 Å². The molecule has 1 N–H and O–H groups in total. The molecule has 0 aromatic heterocycles. The van der Waals surface area contributed by atoms with Gasteiger partial charge in [0.25, 0.3) is 5.91 Å². The molecule has 1 unspecified atom stereocenters. The summed E-state index contributed by atoms with van der Waals surface area (Å²) in [6, 6.07) is 16.4. The van der Waals surface area contributed by atoms with Crippen LogP contribution < -0.4 is 10.1 Å². The van der Waals surface area contributed by atoms with E-state index >= 15 is 0 Å². The molecule has 0 radical (unpaired) electrons. The number of ether oxygens (including phenoxy) is 2. The maximum atomic E-state index is 11.9. The van der Waals surface area contributed by atoms with Crippen LogP contribution >= 0.6 is 11.6 Å². The zero-order chi connectivity index (χ0) is 18.8. The SMILES string of the molecule is CC(NC(=O)COC(=O)CCCOc1ccccc1)c1ccc(Cl)cc1. The van der Waals surface area contributed by atoms with E-state index in [-0.39, 0.29) is 25.0 Å². The summed E-state index contributed by atoms with van der Waals surface area (Å²) in [4.78, 5) is 23.6. The van der Waals surface area contributed by atoms with Crippen LogP contribution in [0.4, 0.5) is 0 Å². The van der Waals surface area contributed by atoms with Gasteiger partial charge in [-0.15, -0.1) is 0 Å². The molecule has 0 spiro atoms. The van der Waals surface area contributed by atoms with E-state index in [1.54, 1.807) is 12.1 Å². The van der Waals surface area contributed by atoms with Gasteiger partial charge in [-0.1, -0.05) is 41.9 Å². The molecule has 0 fully saturated rings. The van der Waals surface area contributed by atoms with Crippen molar-refractivity contribution in [1.29, 1.82) is 0 Å². The first-order valence-electron chi connectivity index (χ1n) is 8.43. The van der Waals surface area contributed by atoms with Gasteiger partial charge >= 0.3 is 5.97 Å². The Kier molecular flexibility index (Phi) is 7.96. The van der Waals surface area contributed by atoms with E-state index in [1.807, 2.05) is 49.4 Å². The third-order valence-electron chi connectivity index (χ3n) is 3.65. The maximum absolute atomic E-state index is 11.9. The number of amides is 1. The van der Waals surface area contributed by atoms with Gasteiger partial charge in [0.15, 0.2) is 6.61 Å². The first kappa shape index (κ1) is 19.8. The largest absolute Gasteiger partial charge is 0.494 e. The molecule has 138 valence electrons. The number of hydrogen-bond donors (Lipinski definition) is 1. The molecule has 26 heavy (non-hydrogen) atoms. The minimum absolute atomic E-state index is 0.197. The lowest BCUT2D eigenvalue weighted by Gasteiger charge is -2.14. The minimum atomic E-state index is -0.420. The number of esters is 1. The molecule has 0 saturated heterocycles.